The molecule has 0 bridgehead atoms. The van der Waals surface area contributed by atoms with E-state index in [-0.39, 0.29) is 44.2 Å². The van der Waals surface area contributed by atoms with E-state index in [4.69, 9.17) is 10.5 Å². The predicted molar refractivity (Wildman–Crippen MR) is 550 cm³/mol. The number of primary amides is 1. The fraction of sp³-hybridized carbons (Fsp3) is 0.657. The maximum Gasteiger partial charge on any atom is 0.408 e. The summed E-state index contributed by atoms with van der Waals surface area (Å²) < 4.78 is 5.29. The van der Waals surface area contributed by atoms with Gasteiger partial charge in [0, 0.05) is 13.0 Å². The largest absolute Gasteiger partial charge is 0.444 e. The molecule has 3 aromatic carbocycles. The van der Waals surface area contributed by atoms with Crippen molar-refractivity contribution in [3.05, 3.63) is 108 Å². The molecule has 0 aliphatic rings. The van der Waals surface area contributed by atoms with Crippen LogP contribution in [0.2, 0.25) is 0 Å². The van der Waals surface area contributed by atoms with E-state index in [9.17, 15) is 91.4 Å². The highest BCUT2D eigenvalue weighted by atomic mass is 16.6. The zero-order valence-corrected chi connectivity index (χ0v) is 90.7. The van der Waals surface area contributed by atoms with Crippen molar-refractivity contribution in [2.24, 2.45) is 70.8 Å². The number of alkyl carbamates (subject to hydrolysis) is 1. The van der Waals surface area contributed by atoms with Crippen molar-refractivity contribution < 1.29 is 96.1 Å². The summed E-state index contributed by atoms with van der Waals surface area (Å²) in [6, 6.07) is 9.36. The molecule has 19 amide bonds. The Balaban J connectivity index is 1.88. The van der Waals surface area contributed by atoms with Crippen LogP contribution in [-0.2, 0) is 101 Å². The third kappa shape index (κ3) is 41.1. The van der Waals surface area contributed by atoms with E-state index in [1.807, 2.05) is 13.8 Å². The van der Waals surface area contributed by atoms with Crippen LogP contribution >= 0.6 is 0 Å². The summed E-state index contributed by atoms with van der Waals surface area (Å²) in [5, 5.41) is 59.0. The summed E-state index contributed by atoms with van der Waals surface area (Å²) in [6.07, 6.45) is -1.27. The van der Waals surface area contributed by atoms with Gasteiger partial charge < -0.3 is 111 Å². The van der Waals surface area contributed by atoms with Gasteiger partial charge >= 0.3 is 12.1 Å². The molecule has 144 heavy (non-hydrogen) atoms. The second-order valence-electron chi connectivity index (χ2n) is 43.4. The number of hydrogen-bond donors (Lipinski definition) is 19. The summed E-state index contributed by atoms with van der Waals surface area (Å²) in [5.74, 6) is -18.3. The summed E-state index contributed by atoms with van der Waals surface area (Å²) in [4.78, 5) is 257. The van der Waals surface area contributed by atoms with Crippen LogP contribution < -0.4 is 96.1 Å². The van der Waals surface area contributed by atoms with Gasteiger partial charge in [0.1, 0.15) is 94.7 Å². The Morgan fingerprint density at radius 2 is 0.639 bits per heavy atom. The molecule has 0 saturated heterocycles. The van der Waals surface area contributed by atoms with Gasteiger partial charge in [-0.1, -0.05) is 263 Å². The smallest absolute Gasteiger partial charge is 0.408 e. The average Bonchev–Trinajstić information content (AvgIpc) is 0.822. The molecule has 0 spiro atoms. The number of ether oxygens (including phenoxy) is 1. The molecule has 0 unspecified atom stereocenters. The second-order valence-corrected chi connectivity index (χ2v) is 43.4. The molecule has 3 rings (SSSR count). The van der Waals surface area contributed by atoms with E-state index in [2.05, 4.69) is 90.4 Å². The molecule has 0 heterocycles. The van der Waals surface area contributed by atoms with Gasteiger partial charge in [-0.2, -0.15) is 0 Å². The van der Waals surface area contributed by atoms with Crippen LogP contribution in [-0.4, -0.2) is 237 Å². The summed E-state index contributed by atoms with van der Waals surface area (Å²) >= 11 is 0. The number of nitrogens with one attached hydrogen (secondary N) is 17. The minimum Gasteiger partial charge on any atom is -0.444 e. The number of benzene rings is 3. The lowest BCUT2D eigenvalue weighted by Gasteiger charge is -2.34. The van der Waals surface area contributed by atoms with Crippen LogP contribution in [0.15, 0.2) is 91.0 Å². The zero-order valence-electron chi connectivity index (χ0n) is 90.7. The fourth-order valence-electron chi connectivity index (χ4n) is 15.4. The lowest BCUT2D eigenvalue weighted by Crippen LogP contribution is -2.66. The summed E-state index contributed by atoms with van der Waals surface area (Å²) in [7, 11) is 0. The van der Waals surface area contributed by atoms with E-state index in [0.29, 0.717) is 36.0 Å². The molecule has 0 aliphatic heterocycles. The number of nitrogens with two attached hydrogens (primary N) is 1. The maximum atomic E-state index is 15.0. The first-order chi connectivity index (χ1) is 66.7. The minimum absolute atomic E-state index is 0.0419. The molecule has 0 fully saturated rings. The van der Waals surface area contributed by atoms with Crippen molar-refractivity contribution in [2.45, 2.75) is 367 Å². The standard InChI is InChI=1S/C105H171N19O20/c1-32-64(20)82(93(135)114-77(59(10)11)89(131)108-70(51-67-44-38-35-39-45-67)73(125)55-124(54-69-48-42-37-43-49-69)100(142)110-71(50-56(4)5)86(128)111-75(57(6)7)85(106)127)116-90(132)79(61(14)15)115-94(136)83(65(21)33-2)119-99(141)105(30,31)122-95(137)81(63(18)19)112-87(129)72(52-68-46-40-36-41-47-68)109-97(139)104(28,29)123-96(138)84(66(22)34-3)117-91(133)78(60(12)13)113-92(134)80(62(16)17)118-98(140)103(26,27)121-74(126)53-107-88(130)76(58(8)9)120-101(143)144-102(23,24)25/h35-49,56-66,70-73,75-84,125H,32-34,50-55H2,1-31H3,(H2,106,127)(H,107,130)(H,108,131)(H,109,139)(H,110,142)(H,111,128)(H,112,129)(H,113,134)(H,114,135)(H,115,136)(H,116,132)(H,117,133)(H,118,140)(H,119,141)(H,120,143)(H,121,126)(H,122,137)(H,123,138)/t64-,65-,66-,70-,71-,72-,73+,75-,76-,77-,78-,79-,80-,81-,82-,83-,84-/m0/s1. The average molecular weight is 2020 g/mol. The third-order valence-corrected chi connectivity index (χ3v) is 25.2. The first-order valence-electron chi connectivity index (χ1n) is 50.5. The van der Waals surface area contributed by atoms with Crippen molar-refractivity contribution >= 4 is 107 Å². The van der Waals surface area contributed by atoms with Crippen LogP contribution in [0, 0.1) is 65.1 Å². The van der Waals surface area contributed by atoms with Gasteiger partial charge in [-0.3, -0.25) is 76.7 Å². The van der Waals surface area contributed by atoms with Crippen LogP contribution in [0.4, 0.5) is 9.59 Å². The maximum absolute atomic E-state index is 15.0. The Morgan fingerprint density at radius 3 is 1.03 bits per heavy atom. The highest BCUT2D eigenvalue weighted by Crippen LogP contribution is 2.23. The summed E-state index contributed by atoms with van der Waals surface area (Å²) in [6.45, 7) is 49.9. The first-order valence-corrected chi connectivity index (χ1v) is 50.5. The number of amides is 19. The normalized spacial score (nSPS) is 15.5. The monoisotopic (exact) mass is 2020 g/mol. The molecule has 806 valence electrons. The molecular formula is C105H171N19O20. The number of hydrogen-bond acceptors (Lipinski definition) is 20. The fourth-order valence-corrected chi connectivity index (χ4v) is 15.4. The number of carbonyl (C=O) groups is 18. The van der Waals surface area contributed by atoms with Gasteiger partial charge in [-0.25, -0.2) is 9.59 Å². The molecule has 3 aromatic rings. The van der Waals surface area contributed by atoms with Crippen molar-refractivity contribution in [3.63, 3.8) is 0 Å². The van der Waals surface area contributed by atoms with Crippen LogP contribution in [0.3, 0.4) is 0 Å². The van der Waals surface area contributed by atoms with E-state index >= 15 is 0 Å². The van der Waals surface area contributed by atoms with Gasteiger partial charge in [0.15, 0.2) is 0 Å². The molecule has 0 aliphatic carbocycles. The number of nitrogens with zero attached hydrogens (tertiary/aromatic N) is 1. The molecule has 39 nitrogen and oxygen atoms in total. The lowest BCUT2D eigenvalue weighted by atomic mass is 9.93. The van der Waals surface area contributed by atoms with Crippen LogP contribution in [0.5, 0.6) is 0 Å². The van der Waals surface area contributed by atoms with Gasteiger partial charge in [-0.05, 0) is 157 Å². The predicted octanol–water partition coefficient (Wildman–Crippen LogP) is 5.70. The second kappa shape index (κ2) is 58.0. The Kier molecular flexibility index (Phi) is 50.7. The molecule has 0 radical (unpaired) electrons. The number of aliphatic hydroxyl groups is 1. The summed E-state index contributed by atoms with van der Waals surface area (Å²) in [5.41, 5.74) is 1.42. The van der Waals surface area contributed by atoms with Gasteiger partial charge in [0.2, 0.25) is 94.5 Å². The van der Waals surface area contributed by atoms with E-state index in [1.54, 1.807) is 250 Å². The quantitative estimate of drug-likeness (QED) is 0.0322. The first kappa shape index (κ1) is 126. The Hall–Kier alpha value is -12.3. The van der Waals surface area contributed by atoms with E-state index in [1.165, 1.54) is 46.4 Å². The van der Waals surface area contributed by atoms with Crippen LogP contribution in [0.25, 0.3) is 0 Å². The van der Waals surface area contributed by atoms with Gasteiger partial charge in [-0.15, -0.1) is 0 Å². The lowest BCUT2D eigenvalue weighted by molar-refractivity contribution is -0.139. The third-order valence-electron chi connectivity index (χ3n) is 25.2. The van der Waals surface area contributed by atoms with Crippen molar-refractivity contribution in [1.29, 1.82) is 0 Å². The zero-order chi connectivity index (χ0) is 110. The molecule has 0 saturated carbocycles. The molecule has 20 N–H and O–H groups in total. The SMILES string of the molecule is CC[C@H](C)[C@H](NC(=O)[C@@H](NC(=O)[C@@H](NC(=O)C(C)(C)NC(=O)[C@@H](NC(=O)[C@H](Cc1ccccc1)NC(=O)C(C)(C)NC(=O)[C@@H](NC(=O)[C@@H](NC(=O)[C@@H](NC(=O)C(C)(C)NC(=O)CNC(=O)[C@@H](NC(=O)OC(C)(C)C)C(C)C)C(C)C)C(C)C)[C@@H](C)CC)C(C)C)[C@@H](C)CC)C(C)C)C(=O)N[C@H](C(=O)N[C@@H](Cc1ccccc1)[C@H](O)CN(Cc1ccccc1)C(=O)N[C@@H](CC(C)C)C(=O)N[C@H](C(N)=O)C(C)C)C(C)C. The number of aliphatic hydroxyl groups excluding tert-OH is 1. The van der Waals surface area contributed by atoms with Gasteiger partial charge in [0.05, 0.1) is 25.2 Å². The molecule has 39 heteroatoms. The van der Waals surface area contributed by atoms with Crippen molar-refractivity contribution in [3.8, 4) is 0 Å². The molecule has 17 atom stereocenters. The highest BCUT2D eigenvalue weighted by Gasteiger charge is 2.45. The number of urea groups is 1. The number of rotatable bonds is 57. The Morgan fingerprint density at radius 1 is 0.333 bits per heavy atom. The Bertz CT molecular complexity index is 4770. The van der Waals surface area contributed by atoms with E-state index < -0.39 is 273 Å². The topological polar surface area (TPSA) is 570 Å². The molecular weight excluding hydrogens is 1850 g/mol. The minimum atomic E-state index is -1.84. The number of carbonyl (C=O) groups excluding carboxylic acids is 18. The highest BCUT2D eigenvalue weighted by molar-refractivity contribution is 6.02. The Labute approximate surface area is 852 Å². The van der Waals surface area contributed by atoms with E-state index in [0.717, 1.165) is 0 Å². The molecule has 0 aromatic heterocycles. The van der Waals surface area contributed by atoms with Crippen LogP contribution in [0.1, 0.15) is 257 Å². The van der Waals surface area contributed by atoms with Gasteiger partial charge in [0.25, 0.3) is 0 Å². The van der Waals surface area contributed by atoms with Crippen molar-refractivity contribution in [2.75, 3.05) is 13.1 Å². The van der Waals surface area contributed by atoms with Crippen molar-refractivity contribution in [1.82, 2.24) is 95.3 Å².